The summed E-state index contributed by atoms with van der Waals surface area (Å²) in [7, 11) is 1.91. The van der Waals surface area contributed by atoms with Gasteiger partial charge in [-0.2, -0.15) is 0 Å². The minimum absolute atomic E-state index is 0.167. The van der Waals surface area contributed by atoms with Gasteiger partial charge in [0.15, 0.2) is 0 Å². The lowest BCUT2D eigenvalue weighted by atomic mass is 10.2. The predicted molar refractivity (Wildman–Crippen MR) is 71.5 cm³/mol. The first-order chi connectivity index (χ1) is 8.77. The molecular formula is C14H21FN2O. The highest BCUT2D eigenvalue weighted by Gasteiger charge is 2.14. The van der Waals surface area contributed by atoms with Crippen molar-refractivity contribution in [1.82, 2.24) is 5.32 Å². The van der Waals surface area contributed by atoms with Crippen molar-refractivity contribution in [3.63, 3.8) is 0 Å². The van der Waals surface area contributed by atoms with E-state index in [-0.39, 0.29) is 5.82 Å². The van der Waals surface area contributed by atoms with Gasteiger partial charge in [-0.1, -0.05) is 12.1 Å². The molecule has 1 atom stereocenters. The van der Waals surface area contributed by atoms with Gasteiger partial charge in [0.05, 0.1) is 11.8 Å². The average molecular weight is 252 g/mol. The molecule has 0 aromatic heterocycles. The molecule has 1 heterocycles. The molecule has 1 aliphatic rings. The second kappa shape index (κ2) is 6.71. The van der Waals surface area contributed by atoms with E-state index in [1.165, 1.54) is 12.5 Å². The van der Waals surface area contributed by atoms with Crippen molar-refractivity contribution in [3.05, 3.63) is 30.1 Å². The average Bonchev–Trinajstić information content (AvgIpc) is 2.88. The van der Waals surface area contributed by atoms with Crippen LogP contribution in [0.15, 0.2) is 24.3 Å². The monoisotopic (exact) mass is 252 g/mol. The zero-order valence-electron chi connectivity index (χ0n) is 10.9. The number of nitrogens with one attached hydrogen (secondary N) is 1. The van der Waals surface area contributed by atoms with Gasteiger partial charge in [-0.05, 0) is 25.0 Å². The third kappa shape index (κ3) is 3.68. The Morgan fingerprint density at radius 2 is 2.28 bits per heavy atom. The first-order valence-corrected chi connectivity index (χ1v) is 6.55. The second-order valence-corrected chi connectivity index (χ2v) is 4.71. The number of nitrogens with zero attached hydrogens (tertiary/aromatic N) is 1. The van der Waals surface area contributed by atoms with E-state index in [1.54, 1.807) is 12.1 Å². The number of rotatable bonds is 6. The predicted octanol–water partition coefficient (Wildman–Crippen LogP) is 2.03. The van der Waals surface area contributed by atoms with E-state index in [1.807, 2.05) is 18.0 Å². The fourth-order valence-electron chi connectivity index (χ4n) is 2.20. The Bertz CT molecular complexity index is 367. The number of likely N-dealkylation sites (N-methyl/N-ethyl adjacent to an activating group) is 1. The van der Waals surface area contributed by atoms with Gasteiger partial charge < -0.3 is 15.0 Å². The molecule has 2 rings (SSSR count). The van der Waals surface area contributed by atoms with Crippen LogP contribution in [0.4, 0.5) is 10.1 Å². The smallest absolute Gasteiger partial charge is 0.146 e. The third-order valence-electron chi connectivity index (χ3n) is 3.28. The number of para-hydroxylation sites is 1. The fraction of sp³-hybridized carbons (Fsp3) is 0.571. The Balaban J connectivity index is 1.68. The zero-order chi connectivity index (χ0) is 12.8. The van der Waals surface area contributed by atoms with Crippen LogP contribution in [0.3, 0.4) is 0 Å². The highest BCUT2D eigenvalue weighted by molar-refractivity contribution is 5.46. The fourth-order valence-corrected chi connectivity index (χ4v) is 2.20. The number of halogens is 1. The van der Waals surface area contributed by atoms with Crippen LogP contribution in [0.1, 0.15) is 12.8 Å². The molecule has 0 aliphatic carbocycles. The van der Waals surface area contributed by atoms with Crippen molar-refractivity contribution in [2.24, 2.45) is 0 Å². The standard InChI is InChI=1S/C14H21FN2O/c1-17(14-7-3-2-6-13(14)15)9-8-16-11-12-5-4-10-18-12/h2-3,6-7,12,16H,4-5,8-11H2,1H3. The van der Waals surface area contributed by atoms with Crippen molar-refractivity contribution < 1.29 is 9.13 Å². The van der Waals surface area contributed by atoms with Gasteiger partial charge in [-0.15, -0.1) is 0 Å². The summed E-state index contributed by atoms with van der Waals surface area (Å²) in [6.45, 7) is 3.41. The molecule has 0 bridgehead atoms. The Morgan fingerprint density at radius 1 is 1.44 bits per heavy atom. The van der Waals surface area contributed by atoms with Gasteiger partial charge in [0.2, 0.25) is 0 Å². The highest BCUT2D eigenvalue weighted by atomic mass is 19.1. The van der Waals surface area contributed by atoms with Crippen LogP contribution in [0.5, 0.6) is 0 Å². The maximum absolute atomic E-state index is 13.5. The van der Waals surface area contributed by atoms with E-state index in [4.69, 9.17) is 4.74 Å². The molecule has 1 saturated heterocycles. The Morgan fingerprint density at radius 3 is 3.00 bits per heavy atom. The molecule has 100 valence electrons. The largest absolute Gasteiger partial charge is 0.377 e. The molecule has 1 aromatic carbocycles. The molecule has 0 saturated carbocycles. The van der Waals surface area contributed by atoms with Crippen molar-refractivity contribution in [1.29, 1.82) is 0 Å². The summed E-state index contributed by atoms with van der Waals surface area (Å²) in [6.07, 6.45) is 2.68. The molecule has 18 heavy (non-hydrogen) atoms. The molecule has 0 spiro atoms. The number of ether oxygens (including phenoxy) is 1. The zero-order valence-corrected chi connectivity index (χ0v) is 10.9. The number of hydrogen-bond donors (Lipinski definition) is 1. The van der Waals surface area contributed by atoms with Crippen LogP contribution < -0.4 is 10.2 Å². The quantitative estimate of drug-likeness (QED) is 0.784. The van der Waals surface area contributed by atoms with Crippen molar-refractivity contribution in [2.45, 2.75) is 18.9 Å². The molecule has 1 fully saturated rings. The molecule has 1 aliphatic heterocycles. The first kappa shape index (κ1) is 13.3. The van der Waals surface area contributed by atoms with Gasteiger partial charge in [0.1, 0.15) is 5.82 Å². The van der Waals surface area contributed by atoms with Crippen LogP contribution in [0.2, 0.25) is 0 Å². The lowest BCUT2D eigenvalue weighted by Crippen LogP contribution is -2.33. The maximum Gasteiger partial charge on any atom is 0.146 e. The van der Waals surface area contributed by atoms with Crippen molar-refractivity contribution in [3.8, 4) is 0 Å². The van der Waals surface area contributed by atoms with Crippen LogP contribution in [-0.2, 0) is 4.74 Å². The lowest BCUT2D eigenvalue weighted by Gasteiger charge is -2.20. The molecule has 1 N–H and O–H groups in total. The topological polar surface area (TPSA) is 24.5 Å². The van der Waals surface area contributed by atoms with E-state index in [0.29, 0.717) is 11.8 Å². The molecule has 1 aromatic rings. The number of anilines is 1. The van der Waals surface area contributed by atoms with E-state index in [2.05, 4.69) is 5.32 Å². The summed E-state index contributed by atoms with van der Waals surface area (Å²) in [5, 5.41) is 3.36. The van der Waals surface area contributed by atoms with E-state index < -0.39 is 0 Å². The number of benzene rings is 1. The SMILES string of the molecule is CN(CCNCC1CCCO1)c1ccccc1F. The minimum atomic E-state index is -0.167. The van der Waals surface area contributed by atoms with E-state index >= 15 is 0 Å². The molecule has 1 unspecified atom stereocenters. The van der Waals surface area contributed by atoms with Gasteiger partial charge >= 0.3 is 0 Å². The van der Waals surface area contributed by atoms with E-state index in [0.717, 1.165) is 32.7 Å². The van der Waals surface area contributed by atoms with Crippen LogP contribution in [-0.4, -0.2) is 39.4 Å². The summed E-state index contributed by atoms with van der Waals surface area (Å²) < 4.78 is 19.0. The number of hydrogen-bond acceptors (Lipinski definition) is 3. The maximum atomic E-state index is 13.5. The minimum Gasteiger partial charge on any atom is -0.377 e. The molecular weight excluding hydrogens is 231 g/mol. The van der Waals surface area contributed by atoms with Crippen LogP contribution in [0.25, 0.3) is 0 Å². The Kier molecular flexibility index (Phi) is 4.96. The highest BCUT2D eigenvalue weighted by Crippen LogP contribution is 2.16. The Hall–Kier alpha value is -1.13. The van der Waals surface area contributed by atoms with E-state index in [9.17, 15) is 4.39 Å². The lowest BCUT2D eigenvalue weighted by molar-refractivity contribution is 0.110. The molecule has 3 nitrogen and oxygen atoms in total. The normalized spacial score (nSPS) is 19.1. The van der Waals surface area contributed by atoms with Crippen molar-refractivity contribution in [2.75, 3.05) is 38.2 Å². The van der Waals surface area contributed by atoms with Gasteiger partial charge in [-0.3, -0.25) is 0 Å². The Labute approximate surface area is 108 Å². The summed E-state index contributed by atoms with van der Waals surface area (Å²) in [5.41, 5.74) is 0.649. The van der Waals surface area contributed by atoms with Crippen LogP contribution >= 0.6 is 0 Å². The van der Waals surface area contributed by atoms with Gasteiger partial charge in [-0.25, -0.2) is 4.39 Å². The third-order valence-corrected chi connectivity index (χ3v) is 3.28. The molecule has 0 amide bonds. The van der Waals surface area contributed by atoms with Gasteiger partial charge in [0, 0.05) is 33.3 Å². The second-order valence-electron chi connectivity index (χ2n) is 4.71. The summed E-state index contributed by atoms with van der Waals surface area (Å²) in [5.74, 6) is -0.167. The van der Waals surface area contributed by atoms with Crippen LogP contribution in [0, 0.1) is 5.82 Å². The molecule has 4 heteroatoms. The summed E-state index contributed by atoms with van der Waals surface area (Å²) in [4.78, 5) is 1.93. The summed E-state index contributed by atoms with van der Waals surface area (Å²) in [6, 6.07) is 6.86. The summed E-state index contributed by atoms with van der Waals surface area (Å²) >= 11 is 0. The van der Waals surface area contributed by atoms with Gasteiger partial charge in [0.25, 0.3) is 0 Å². The van der Waals surface area contributed by atoms with Crippen molar-refractivity contribution >= 4 is 5.69 Å². The molecule has 0 radical (unpaired) electrons. The first-order valence-electron chi connectivity index (χ1n) is 6.55.